The molecule has 0 aliphatic rings. The Morgan fingerprint density at radius 2 is 1.89 bits per heavy atom. The van der Waals surface area contributed by atoms with E-state index in [1.54, 1.807) is 23.5 Å². The van der Waals surface area contributed by atoms with E-state index in [-0.39, 0.29) is 30.5 Å². The van der Waals surface area contributed by atoms with Crippen LogP contribution < -0.4 is 5.32 Å². The van der Waals surface area contributed by atoms with E-state index in [4.69, 9.17) is 4.42 Å². The lowest BCUT2D eigenvalue weighted by atomic mass is 10.1. The van der Waals surface area contributed by atoms with Crippen LogP contribution in [-0.4, -0.2) is 29.8 Å². The minimum atomic E-state index is -0.304. The Balaban J connectivity index is 1.53. The quantitative estimate of drug-likeness (QED) is 0.613. The molecule has 0 aliphatic carbocycles. The number of carbonyl (C=O) groups excluding carboxylic acids is 2. The third-order valence-electron chi connectivity index (χ3n) is 4.16. The van der Waals surface area contributed by atoms with Gasteiger partial charge in [0.15, 0.2) is 5.76 Å². The van der Waals surface area contributed by atoms with Crippen LogP contribution in [0.3, 0.4) is 0 Å². The third-order valence-corrected chi connectivity index (χ3v) is 5.02. The zero-order valence-electron chi connectivity index (χ0n) is 15.0. The van der Waals surface area contributed by atoms with E-state index in [0.717, 1.165) is 11.3 Å². The van der Waals surface area contributed by atoms with Gasteiger partial charge in [0.25, 0.3) is 5.91 Å². The maximum atomic E-state index is 12.7. The molecule has 3 aromatic rings. The highest BCUT2D eigenvalue weighted by molar-refractivity contribution is 7.09. The molecule has 3 rings (SSSR count). The summed E-state index contributed by atoms with van der Waals surface area (Å²) < 4.78 is 5.05. The van der Waals surface area contributed by atoms with Gasteiger partial charge in [0.1, 0.15) is 0 Å². The second-order valence-corrected chi connectivity index (χ2v) is 7.15. The summed E-state index contributed by atoms with van der Waals surface area (Å²) in [7, 11) is 0. The molecule has 0 fully saturated rings. The van der Waals surface area contributed by atoms with Gasteiger partial charge in [-0.3, -0.25) is 9.59 Å². The van der Waals surface area contributed by atoms with Crippen molar-refractivity contribution in [1.82, 2.24) is 10.2 Å². The SMILES string of the molecule is O=C(NCCC(=O)N(CCc1ccccc1)Cc1cccs1)c1ccco1. The van der Waals surface area contributed by atoms with Crippen LogP contribution in [-0.2, 0) is 17.8 Å². The molecule has 140 valence electrons. The number of amides is 2. The summed E-state index contributed by atoms with van der Waals surface area (Å²) in [6.07, 6.45) is 2.51. The topological polar surface area (TPSA) is 62.6 Å². The number of carbonyl (C=O) groups is 2. The van der Waals surface area contributed by atoms with Crippen molar-refractivity contribution >= 4 is 23.2 Å². The number of nitrogens with one attached hydrogen (secondary N) is 1. The van der Waals surface area contributed by atoms with Crippen molar-refractivity contribution in [1.29, 1.82) is 0 Å². The largest absolute Gasteiger partial charge is 0.459 e. The van der Waals surface area contributed by atoms with Crippen LogP contribution in [0.25, 0.3) is 0 Å². The maximum Gasteiger partial charge on any atom is 0.286 e. The van der Waals surface area contributed by atoms with Gasteiger partial charge < -0.3 is 14.6 Å². The van der Waals surface area contributed by atoms with Gasteiger partial charge >= 0.3 is 0 Å². The highest BCUT2D eigenvalue weighted by atomic mass is 32.1. The highest BCUT2D eigenvalue weighted by Crippen LogP contribution is 2.13. The molecule has 0 unspecified atom stereocenters. The number of hydrogen-bond acceptors (Lipinski definition) is 4. The molecule has 0 spiro atoms. The van der Waals surface area contributed by atoms with Crippen molar-refractivity contribution in [2.24, 2.45) is 0 Å². The van der Waals surface area contributed by atoms with E-state index in [1.807, 2.05) is 40.6 Å². The Bertz CT molecular complexity index is 830. The van der Waals surface area contributed by atoms with Crippen molar-refractivity contribution in [2.75, 3.05) is 13.1 Å². The number of hydrogen-bond donors (Lipinski definition) is 1. The minimum absolute atomic E-state index is 0.0269. The second-order valence-electron chi connectivity index (χ2n) is 6.11. The first kappa shape index (κ1) is 18.9. The second kappa shape index (κ2) is 9.73. The van der Waals surface area contributed by atoms with Crippen LogP contribution in [0, 0.1) is 0 Å². The van der Waals surface area contributed by atoms with Crippen LogP contribution in [0.15, 0.2) is 70.7 Å². The summed E-state index contributed by atoms with van der Waals surface area (Å²) in [5.41, 5.74) is 1.20. The van der Waals surface area contributed by atoms with Crippen molar-refractivity contribution < 1.29 is 14.0 Å². The Morgan fingerprint density at radius 1 is 1.04 bits per heavy atom. The van der Waals surface area contributed by atoms with Crippen LogP contribution in [0.4, 0.5) is 0 Å². The molecule has 2 aromatic heterocycles. The van der Waals surface area contributed by atoms with E-state index in [2.05, 4.69) is 17.4 Å². The Labute approximate surface area is 162 Å². The first-order valence-electron chi connectivity index (χ1n) is 8.88. The van der Waals surface area contributed by atoms with Gasteiger partial charge in [-0.15, -0.1) is 11.3 Å². The van der Waals surface area contributed by atoms with Gasteiger partial charge in [-0.1, -0.05) is 36.4 Å². The van der Waals surface area contributed by atoms with E-state index >= 15 is 0 Å². The molecule has 1 N–H and O–H groups in total. The van der Waals surface area contributed by atoms with Gasteiger partial charge in [-0.05, 0) is 35.6 Å². The maximum absolute atomic E-state index is 12.7. The molecule has 0 saturated carbocycles. The van der Waals surface area contributed by atoms with E-state index in [0.29, 0.717) is 13.1 Å². The van der Waals surface area contributed by atoms with Crippen LogP contribution in [0.2, 0.25) is 0 Å². The lowest BCUT2D eigenvalue weighted by Gasteiger charge is -2.22. The van der Waals surface area contributed by atoms with E-state index < -0.39 is 0 Å². The molecule has 0 bridgehead atoms. The summed E-state index contributed by atoms with van der Waals surface area (Å²) in [6, 6.07) is 17.4. The van der Waals surface area contributed by atoms with Gasteiger partial charge in [0.2, 0.25) is 5.91 Å². The minimum Gasteiger partial charge on any atom is -0.459 e. The lowest BCUT2D eigenvalue weighted by Crippen LogP contribution is -2.35. The van der Waals surface area contributed by atoms with Gasteiger partial charge in [-0.25, -0.2) is 0 Å². The molecule has 0 aliphatic heterocycles. The van der Waals surface area contributed by atoms with Crippen LogP contribution in [0.5, 0.6) is 0 Å². The summed E-state index contributed by atoms with van der Waals surface area (Å²) in [5.74, 6) is -0.0251. The molecule has 27 heavy (non-hydrogen) atoms. The predicted octanol–water partition coefficient (Wildman–Crippen LogP) is 3.73. The number of furan rings is 1. The first-order valence-corrected chi connectivity index (χ1v) is 9.76. The van der Waals surface area contributed by atoms with Crippen molar-refractivity contribution in [2.45, 2.75) is 19.4 Å². The zero-order chi connectivity index (χ0) is 18.9. The molecule has 1 aromatic carbocycles. The normalized spacial score (nSPS) is 10.5. The average molecular weight is 382 g/mol. The Morgan fingerprint density at radius 3 is 2.59 bits per heavy atom. The average Bonchev–Trinajstić information content (AvgIpc) is 3.39. The zero-order valence-corrected chi connectivity index (χ0v) is 15.8. The van der Waals surface area contributed by atoms with Crippen molar-refractivity contribution in [3.05, 3.63) is 82.4 Å². The Hall–Kier alpha value is -2.86. The smallest absolute Gasteiger partial charge is 0.286 e. The molecule has 2 amide bonds. The van der Waals surface area contributed by atoms with Gasteiger partial charge in [0, 0.05) is 24.4 Å². The molecule has 6 heteroatoms. The van der Waals surface area contributed by atoms with Crippen molar-refractivity contribution in [3.8, 4) is 0 Å². The first-order chi connectivity index (χ1) is 13.2. The molecule has 2 heterocycles. The fourth-order valence-electron chi connectivity index (χ4n) is 2.73. The number of thiophene rings is 1. The van der Waals surface area contributed by atoms with E-state index in [1.165, 1.54) is 11.8 Å². The summed E-state index contributed by atoms with van der Waals surface area (Å²) in [6.45, 7) is 1.52. The lowest BCUT2D eigenvalue weighted by molar-refractivity contribution is -0.131. The molecular formula is C21H22N2O3S. The predicted molar refractivity (Wildman–Crippen MR) is 106 cm³/mol. The number of rotatable bonds is 9. The summed E-state index contributed by atoms with van der Waals surface area (Å²) in [4.78, 5) is 27.6. The Kier molecular flexibility index (Phi) is 6.82. The third kappa shape index (κ3) is 5.82. The fraction of sp³-hybridized carbons (Fsp3) is 0.238. The summed E-state index contributed by atoms with van der Waals surface area (Å²) in [5, 5.41) is 4.74. The monoisotopic (exact) mass is 382 g/mol. The van der Waals surface area contributed by atoms with E-state index in [9.17, 15) is 9.59 Å². The number of benzene rings is 1. The summed E-state index contributed by atoms with van der Waals surface area (Å²) >= 11 is 1.64. The number of nitrogens with zero attached hydrogens (tertiary/aromatic N) is 1. The van der Waals surface area contributed by atoms with Crippen molar-refractivity contribution in [3.63, 3.8) is 0 Å². The highest BCUT2D eigenvalue weighted by Gasteiger charge is 2.15. The molecule has 0 atom stereocenters. The van der Waals surface area contributed by atoms with Gasteiger partial charge in [-0.2, -0.15) is 0 Å². The standard InChI is InChI=1S/C21H22N2O3S/c24-20(10-12-22-21(25)19-9-4-14-26-19)23(16-18-8-5-15-27-18)13-11-17-6-2-1-3-7-17/h1-9,14-15H,10-13,16H2,(H,22,25). The van der Waals surface area contributed by atoms with Gasteiger partial charge in [0.05, 0.1) is 12.8 Å². The molecule has 0 saturated heterocycles. The molecule has 5 nitrogen and oxygen atoms in total. The van der Waals surface area contributed by atoms with Crippen LogP contribution >= 0.6 is 11.3 Å². The van der Waals surface area contributed by atoms with Crippen LogP contribution in [0.1, 0.15) is 27.4 Å². The molecule has 0 radical (unpaired) electrons. The fourth-order valence-corrected chi connectivity index (χ4v) is 3.45. The molecular weight excluding hydrogens is 360 g/mol.